The molecule has 0 spiro atoms. The Morgan fingerprint density at radius 3 is 2.47 bits per heavy atom. The summed E-state index contributed by atoms with van der Waals surface area (Å²) < 4.78 is 3.20. The summed E-state index contributed by atoms with van der Waals surface area (Å²) >= 11 is 3.40. The number of hydrazone groups is 1. The highest BCUT2D eigenvalue weighted by Gasteiger charge is 2.13. The van der Waals surface area contributed by atoms with E-state index in [-0.39, 0.29) is 12.3 Å². The third kappa shape index (κ3) is 4.79. The van der Waals surface area contributed by atoms with Crippen LogP contribution >= 0.6 is 15.9 Å². The van der Waals surface area contributed by atoms with Crippen molar-refractivity contribution in [2.75, 3.05) is 0 Å². The first-order chi connectivity index (χ1) is 15.5. The second-order valence-electron chi connectivity index (χ2n) is 7.51. The van der Waals surface area contributed by atoms with Crippen molar-refractivity contribution in [3.8, 4) is 6.07 Å². The number of nitrogens with zero attached hydrogens (tertiary/aromatic N) is 3. The average Bonchev–Trinajstić information content (AvgIpc) is 3.07. The zero-order valence-electron chi connectivity index (χ0n) is 17.5. The lowest BCUT2D eigenvalue weighted by atomic mass is 10.1. The van der Waals surface area contributed by atoms with E-state index in [0.29, 0.717) is 12.1 Å². The number of nitriles is 1. The molecule has 32 heavy (non-hydrogen) atoms. The third-order valence-electron chi connectivity index (χ3n) is 5.36. The van der Waals surface area contributed by atoms with Gasteiger partial charge in [0.25, 0.3) is 0 Å². The molecule has 5 nitrogen and oxygen atoms in total. The van der Waals surface area contributed by atoms with E-state index in [4.69, 9.17) is 5.26 Å². The van der Waals surface area contributed by atoms with Gasteiger partial charge >= 0.3 is 0 Å². The summed E-state index contributed by atoms with van der Waals surface area (Å²) in [5, 5.41) is 14.3. The van der Waals surface area contributed by atoms with Crippen LogP contribution in [0.15, 0.2) is 82.4 Å². The van der Waals surface area contributed by atoms with Crippen molar-refractivity contribution >= 4 is 39.0 Å². The fraction of sp³-hybridized carbons (Fsp3) is 0.115. The maximum Gasteiger partial charge on any atom is 0.244 e. The predicted molar refractivity (Wildman–Crippen MR) is 131 cm³/mol. The van der Waals surface area contributed by atoms with Crippen molar-refractivity contribution in [3.05, 3.63) is 105 Å². The van der Waals surface area contributed by atoms with Crippen LogP contribution in [0.4, 0.5) is 0 Å². The highest BCUT2D eigenvalue weighted by molar-refractivity contribution is 9.10. The van der Waals surface area contributed by atoms with Crippen LogP contribution in [0.5, 0.6) is 0 Å². The molecule has 0 unspecified atom stereocenters. The number of para-hydroxylation sites is 1. The summed E-state index contributed by atoms with van der Waals surface area (Å²) in [5.74, 6) is -0.164. The van der Waals surface area contributed by atoms with Crippen molar-refractivity contribution in [2.24, 2.45) is 5.10 Å². The minimum Gasteiger partial charge on any atom is -0.340 e. The van der Waals surface area contributed by atoms with Gasteiger partial charge < -0.3 is 4.57 Å². The van der Waals surface area contributed by atoms with Crippen LogP contribution in [0, 0.1) is 18.3 Å². The van der Waals surface area contributed by atoms with Gasteiger partial charge in [-0.15, -0.1) is 0 Å². The zero-order chi connectivity index (χ0) is 22.5. The zero-order valence-corrected chi connectivity index (χ0v) is 19.1. The number of rotatable bonds is 6. The lowest BCUT2D eigenvalue weighted by molar-refractivity contribution is -0.120. The Balaban J connectivity index is 1.54. The van der Waals surface area contributed by atoms with Crippen LogP contribution < -0.4 is 5.43 Å². The molecular formula is C26H21BrN4O. The van der Waals surface area contributed by atoms with Gasteiger partial charge in [-0.25, -0.2) is 5.43 Å². The number of amides is 1. The minimum absolute atomic E-state index is 0.164. The van der Waals surface area contributed by atoms with Crippen LogP contribution in [0.3, 0.4) is 0 Å². The second kappa shape index (κ2) is 9.63. The molecule has 0 atom stereocenters. The molecule has 0 radical (unpaired) electrons. The normalized spacial score (nSPS) is 11.0. The fourth-order valence-corrected chi connectivity index (χ4v) is 3.95. The van der Waals surface area contributed by atoms with Crippen molar-refractivity contribution < 1.29 is 4.79 Å². The molecule has 1 N–H and O–H groups in total. The molecule has 1 aromatic heterocycles. The summed E-state index contributed by atoms with van der Waals surface area (Å²) in [6.07, 6.45) is 1.98. The number of hydrogen-bond acceptors (Lipinski definition) is 3. The summed E-state index contributed by atoms with van der Waals surface area (Å²) in [5.41, 5.74) is 8.44. The first-order valence-corrected chi connectivity index (χ1v) is 11.0. The van der Waals surface area contributed by atoms with Crippen LogP contribution in [0.2, 0.25) is 0 Å². The van der Waals surface area contributed by atoms with Gasteiger partial charge in [0.15, 0.2) is 0 Å². The van der Waals surface area contributed by atoms with Gasteiger partial charge in [-0.1, -0.05) is 58.4 Å². The van der Waals surface area contributed by atoms with E-state index < -0.39 is 0 Å². The lowest BCUT2D eigenvalue weighted by Gasteiger charge is -2.09. The molecule has 158 valence electrons. The molecule has 0 saturated heterocycles. The fourth-order valence-electron chi connectivity index (χ4n) is 3.69. The third-order valence-corrected chi connectivity index (χ3v) is 5.89. The Kier molecular flexibility index (Phi) is 6.48. The molecule has 3 aromatic carbocycles. The molecule has 1 amide bonds. The Labute approximate surface area is 195 Å². The highest BCUT2D eigenvalue weighted by Crippen LogP contribution is 2.25. The topological polar surface area (TPSA) is 70.2 Å². The number of benzene rings is 3. The molecule has 6 heteroatoms. The molecule has 0 aliphatic heterocycles. The maximum atomic E-state index is 12.3. The van der Waals surface area contributed by atoms with E-state index in [0.717, 1.165) is 37.8 Å². The standard InChI is InChI=1S/C26H21BrN4O/c1-18-24(16-29-30-26(32)14-19-10-12-22(27)13-11-19)23-4-2-3-5-25(23)31(18)17-21-8-6-20(15-28)7-9-21/h2-13,16H,14,17H2,1H3,(H,30,32)/b29-16+. The summed E-state index contributed by atoms with van der Waals surface area (Å²) in [4.78, 5) is 12.3. The largest absolute Gasteiger partial charge is 0.340 e. The monoisotopic (exact) mass is 484 g/mol. The molecule has 0 bridgehead atoms. The van der Waals surface area contributed by atoms with Gasteiger partial charge in [0.05, 0.1) is 24.3 Å². The molecule has 4 aromatic rings. The number of carbonyl (C=O) groups excluding carboxylic acids is 1. The van der Waals surface area contributed by atoms with Crippen molar-refractivity contribution in [1.29, 1.82) is 5.26 Å². The molecule has 0 aliphatic rings. The Bertz CT molecular complexity index is 1330. The number of hydrogen-bond donors (Lipinski definition) is 1. The molecular weight excluding hydrogens is 464 g/mol. The van der Waals surface area contributed by atoms with Crippen molar-refractivity contribution in [2.45, 2.75) is 19.9 Å². The Morgan fingerprint density at radius 2 is 1.75 bits per heavy atom. The van der Waals surface area contributed by atoms with E-state index in [9.17, 15) is 4.79 Å². The number of aromatic nitrogens is 1. The van der Waals surface area contributed by atoms with Gasteiger partial charge in [-0.3, -0.25) is 4.79 Å². The SMILES string of the molecule is Cc1c(/C=N/NC(=O)Cc2ccc(Br)cc2)c2ccccc2n1Cc1ccc(C#N)cc1. The summed E-state index contributed by atoms with van der Waals surface area (Å²) in [7, 11) is 0. The lowest BCUT2D eigenvalue weighted by Crippen LogP contribution is -2.19. The first kappa shape index (κ1) is 21.5. The number of nitrogens with one attached hydrogen (secondary N) is 1. The maximum absolute atomic E-state index is 12.3. The van der Waals surface area contributed by atoms with Gasteiger partial charge in [0, 0.05) is 33.2 Å². The minimum atomic E-state index is -0.164. The van der Waals surface area contributed by atoms with Crippen LogP contribution in [-0.2, 0) is 17.8 Å². The van der Waals surface area contributed by atoms with Gasteiger partial charge in [-0.05, 0) is 48.4 Å². The molecule has 4 rings (SSSR count). The van der Waals surface area contributed by atoms with E-state index >= 15 is 0 Å². The van der Waals surface area contributed by atoms with Crippen molar-refractivity contribution in [1.82, 2.24) is 9.99 Å². The number of carbonyl (C=O) groups is 1. The van der Waals surface area contributed by atoms with Crippen LogP contribution in [0.1, 0.15) is 27.9 Å². The van der Waals surface area contributed by atoms with E-state index in [1.54, 1.807) is 6.21 Å². The first-order valence-electron chi connectivity index (χ1n) is 10.2. The van der Waals surface area contributed by atoms with Gasteiger partial charge in [0.1, 0.15) is 0 Å². The second-order valence-corrected chi connectivity index (χ2v) is 8.42. The van der Waals surface area contributed by atoms with Gasteiger partial charge in [0.2, 0.25) is 5.91 Å². The van der Waals surface area contributed by atoms with E-state index in [2.05, 4.69) is 56.1 Å². The summed E-state index contributed by atoms with van der Waals surface area (Å²) in [6, 6.07) is 25.6. The van der Waals surface area contributed by atoms with E-state index in [1.165, 1.54) is 0 Å². The Hall–Kier alpha value is -3.69. The van der Waals surface area contributed by atoms with Gasteiger partial charge in [-0.2, -0.15) is 10.4 Å². The van der Waals surface area contributed by atoms with E-state index in [1.807, 2.05) is 60.7 Å². The number of fused-ring (bicyclic) bond motifs is 1. The number of halogens is 1. The summed E-state index contributed by atoms with van der Waals surface area (Å²) in [6.45, 7) is 2.73. The molecule has 0 aliphatic carbocycles. The molecule has 1 heterocycles. The average molecular weight is 485 g/mol. The van der Waals surface area contributed by atoms with Crippen LogP contribution in [-0.4, -0.2) is 16.7 Å². The quantitative estimate of drug-likeness (QED) is 0.297. The van der Waals surface area contributed by atoms with Crippen molar-refractivity contribution in [3.63, 3.8) is 0 Å². The van der Waals surface area contributed by atoms with Crippen LogP contribution in [0.25, 0.3) is 10.9 Å². The predicted octanol–water partition coefficient (Wildman–Crippen LogP) is 5.33. The molecule has 0 saturated carbocycles. The smallest absolute Gasteiger partial charge is 0.244 e. The Morgan fingerprint density at radius 1 is 1.06 bits per heavy atom. The molecule has 0 fully saturated rings. The highest BCUT2D eigenvalue weighted by atomic mass is 79.9.